The van der Waals surface area contributed by atoms with Gasteiger partial charge in [-0.05, 0) is 25.1 Å². The minimum Gasteiger partial charge on any atom is -0.494 e. The molecule has 0 unspecified atom stereocenters. The van der Waals surface area contributed by atoms with E-state index in [1.807, 2.05) is 25.1 Å². The van der Waals surface area contributed by atoms with Gasteiger partial charge in [0, 0.05) is 23.1 Å². The lowest BCUT2D eigenvalue weighted by molar-refractivity contribution is 0.335. The van der Waals surface area contributed by atoms with Crippen LogP contribution in [0.2, 0.25) is 0 Å². The van der Waals surface area contributed by atoms with Crippen LogP contribution in [0.15, 0.2) is 35.3 Å². The number of ether oxygens (including phenoxy) is 1. The first-order chi connectivity index (χ1) is 7.27. The quantitative estimate of drug-likeness (QED) is 0.633. The maximum absolute atomic E-state index is 5.54. The van der Waals surface area contributed by atoms with Gasteiger partial charge in [-0.25, -0.2) is 0 Å². The highest BCUT2D eigenvalue weighted by atomic mass is 79.9. The van der Waals surface area contributed by atoms with Crippen LogP contribution in [-0.4, -0.2) is 13.2 Å². The number of rotatable bonds is 6. The molecule has 0 amide bonds. The van der Waals surface area contributed by atoms with Gasteiger partial charge in [-0.2, -0.15) is 0 Å². The lowest BCUT2D eigenvalue weighted by Crippen LogP contribution is -2.13. The van der Waals surface area contributed by atoms with Gasteiger partial charge in [0.15, 0.2) is 0 Å². The number of halogens is 1. The van der Waals surface area contributed by atoms with Crippen molar-refractivity contribution in [2.24, 2.45) is 0 Å². The third-order valence-corrected chi connectivity index (χ3v) is 2.42. The fourth-order valence-corrected chi connectivity index (χ4v) is 1.70. The molecule has 0 aromatic heterocycles. The molecule has 1 aromatic rings. The van der Waals surface area contributed by atoms with Crippen molar-refractivity contribution in [1.29, 1.82) is 0 Å². The molecule has 3 heteroatoms. The Kier molecular flexibility index (Phi) is 5.43. The minimum atomic E-state index is 0.691. The summed E-state index contributed by atoms with van der Waals surface area (Å²) in [6.45, 7) is 7.94. The molecule has 82 valence electrons. The van der Waals surface area contributed by atoms with Crippen LogP contribution in [0.4, 0.5) is 0 Å². The van der Waals surface area contributed by atoms with Gasteiger partial charge >= 0.3 is 0 Å². The Bertz CT molecular complexity index is 325. The molecule has 2 nitrogen and oxygen atoms in total. The van der Waals surface area contributed by atoms with E-state index in [2.05, 4.69) is 33.9 Å². The second-order valence-electron chi connectivity index (χ2n) is 3.10. The highest BCUT2D eigenvalue weighted by molar-refractivity contribution is 9.10. The minimum absolute atomic E-state index is 0.691. The summed E-state index contributed by atoms with van der Waals surface area (Å²) in [7, 11) is 0. The summed E-state index contributed by atoms with van der Waals surface area (Å²) in [4.78, 5) is 0. The molecule has 0 aliphatic heterocycles. The fraction of sp³-hybridized carbons (Fsp3) is 0.333. The van der Waals surface area contributed by atoms with E-state index in [4.69, 9.17) is 4.74 Å². The Labute approximate surface area is 99.5 Å². The van der Waals surface area contributed by atoms with Crippen molar-refractivity contribution >= 4 is 15.9 Å². The van der Waals surface area contributed by atoms with Crippen molar-refractivity contribution in [2.75, 3.05) is 13.2 Å². The van der Waals surface area contributed by atoms with E-state index in [0.29, 0.717) is 6.61 Å². The Morgan fingerprint density at radius 1 is 1.53 bits per heavy atom. The molecule has 0 spiro atoms. The van der Waals surface area contributed by atoms with Crippen molar-refractivity contribution in [2.45, 2.75) is 13.5 Å². The van der Waals surface area contributed by atoms with Crippen LogP contribution in [0.1, 0.15) is 12.5 Å². The van der Waals surface area contributed by atoms with Gasteiger partial charge in [0.2, 0.25) is 0 Å². The third kappa shape index (κ3) is 4.06. The average molecular weight is 270 g/mol. The van der Waals surface area contributed by atoms with Crippen molar-refractivity contribution in [3.8, 4) is 5.75 Å². The van der Waals surface area contributed by atoms with Gasteiger partial charge in [-0.1, -0.05) is 22.0 Å². The number of hydrogen-bond donors (Lipinski definition) is 1. The van der Waals surface area contributed by atoms with Gasteiger partial charge in [0.05, 0.1) is 6.61 Å². The molecule has 0 aliphatic rings. The van der Waals surface area contributed by atoms with Gasteiger partial charge in [-0.3, -0.25) is 0 Å². The number of hydrogen-bond acceptors (Lipinski definition) is 2. The third-order valence-electron chi connectivity index (χ3n) is 1.93. The predicted octanol–water partition coefficient (Wildman–Crippen LogP) is 3.12. The van der Waals surface area contributed by atoms with Crippen LogP contribution in [0.5, 0.6) is 5.75 Å². The van der Waals surface area contributed by atoms with E-state index in [1.54, 1.807) is 0 Å². The first kappa shape index (κ1) is 12.3. The molecule has 0 heterocycles. The van der Waals surface area contributed by atoms with Gasteiger partial charge in [0.25, 0.3) is 0 Å². The van der Waals surface area contributed by atoms with Gasteiger partial charge in [-0.15, -0.1) is 6.58 Å². The SMILES string of the molecule is C=CCNCc1cc(Br)ccc1OCC. The summed E-state index contributed by atoms with van der Waals surface area (Å²) in [6.07, 6.45) is 1.85. The predicted molar refractivity (Wildman–Crippen MR) is 67.2 cm³/mol. The molecule has 0 atom stereocenters. The molecule has 0 aliphatic carbocycles. The first-order valence-corrected chi connectivity index (χ1v) is 5.80. The summed E-state index contributed by atoms with van der Waals surface area (Å²) in [6, 6.07) is 6.04. The normalized spacial score (nSPS) is 10.0. The average Bonchev–Trinajstić information content (AvgIpc) is 2.22. The summed E-state index contributed by atoms with van der Waals surface area (Å²) < 4.78 is 6.61. The van der Waals surface area contributed by atoms with Crippen molar-refractivity contribution in [1.82, 2.24) is 5.32 Å². The Balaban J connectivity index is 2.72. The zero-order chi connectivity index (χ0) is 11.1. The second-order valence-corrected chi connectivity index (χ2v) is 4.02. The van der Waals surface area contributed by atoms with Crippen LogP contribution in [-0.2, 0) is 6.54 Å². The molecule has 15 heavy (non-hydrogen) atoms. The monoisotopic (exact) mass is 269 g/mol. The van der Waals surface area contributed by atoms with E-state index in [9.17, 15) is 0 Å². The lowest BCUT2D eigenvalue weighted by Gasteiger charge is -2.10. The smallest absolute Gasteiger partial charge is 0.123 e. The van der Waals surface area contributed by atoms with Gasteiger partial charge in [0.1, 0.15) is 5.75 Å². The molecule has 1 N–H and O–H groups in total. The molecule has 0 radical (unpaired) electrons. The van der Waals surface area contributed by atoms with Crippen LogP contribution >= 0.6 is 15.9 Å². The molecular formula is C12H16BrNO. The topological polar surface area (TPSA) is 21.3 Å². The summed E-state index contributed by atoms with van der Waals surface area (Å²) in [5.74, 6) is 0.942. The molecule has 1 rings (SSSR count). The zero-order valence-electron chi connectivity index (χ0n) is 8.92. The molecular weight excluding hydrogens is 254 g/mol. The summed E-state index contributed by atoms with van der Waals surface area (Å²) in [5, 5.41) is 3.26. The van der Waals surface area contributed by atoms with Gasteiger partial charge < -0.3 is 10.1 Å². The molecule has 0 bridgehead atoms. The Morgan fingerprint density at radius 3 is 3.00 bits per heavy atom. The first-order valence-electron chi connectivity index (χ1n) is 5.00. The van der Waals surface area contributed by atoms with E-state index in [0.717, 1.165) is 28.9 Å². The summed E-state index contributed by atoms with van der Waals surface area (Å²) in [5.41, 5.74) is 1.16. The van der Waals surface area contributed by atoms with Crippen LogP contribution in [0.3, 0.4) is 0 Å². The zero-order valence-corrected chi connectivity index (χ0v) is 10.5. The van der Waals surface area contributed by atoms with Crippen molar-refractivity contribution in [3.63, 3.8) is 0 Å². The number of benzene rings is 1. The number of nitrogens with one attached hydrogen (secondary N) is 1. The maximum atomic E-state index is 5.54. The molecule has 0 saturated heterocycles. The Hall–Kier alpha value is -0.800. The molecule has 0 fully saturated rings. The van der Waals surface area contributed by atoms with Crippen LogP contribution in [0, 0.1) is 0 Å². The van der Waals surface area contributed by atoms with Crippen LogP contribution < -0.4 is 10.1 Å². The van der Waals surface area contributed by atoms with Crippen molar-refractivity contribution < 1.29 is 4.74 Å². The van der Waals surface area contributed by atoms with E-state index < -0.39 is 0 Å². The molecule has 0 saturated carbocycles. The van der Waals surface area contributed by atoms with Crippen molar-refractivity contribution in [3.05, 3.63) is 40.9 Å². The molecule has 1 aromatic carbocycles. The Morgan fingerprint density at radius 2 is 2.33 bits per heavy atom. The largest absolute Gasteiger partial charge is 0.494 e. The van der Waals surface area contributed by atoms with E-state index in [1.165, 1.54) is 0 Å². The second kappa shape index (κ2) is 6.64. The lowest BCUT2D eigenvalue weighted by atomic mass is 10.2. The van der Waals surface area contributed by atoms with E-state index >= 15 is 0 Å². The fourth-order valence-electron chi connectivity index (χ4n) is 1.29. The van der Waals surface area contributed by atoms with Crippen LogP contribution in [0.25, 0.3) is 0 Å². The highest BCUT2D eigenvalue weighted by Crippen LogP contribution is 2.23. The van der Waals surface area contributed by atoms with E-state index in [-0.39, 0.29) is 0 Å². The summed E-state index contributed by atoms with van der Waals surface area (Å²) >= 11 is 3.45. The standard InChI is InChI=1S/C12H16BrNO/c1-3-7-14-9-10-8-11(13)5-6-12(10)15-4-2/h3,5-6,8,14H,1,4,7,9H2,2H3. The maximum Gasteiger partial charge on any atom is 0.123 e. The highest BCUT2D eigenvalue weighted by Gasteiger charge is 2.03.